The molecule has 118 valence electrons. The Balaban J connectivity index is 2.12. The van der Waals surface area contributed by atoms with Crippen molar-refractivity contribution in [3.05, 3.63) is 0 Å². The van der Waals surface area contributed by atoms with Gasteiger partial charge >= 0.3 is 8.80 Å². The molecule has 4 nitrogen and oxygen atoms in total. The third kappa shape index (κ3) is 3.44. The predicted molar refractivity (Wildman–Crippen MR) is 80.7 cm³/mol. The summed E-state index contributed by atoms with van der Waals surface area (Å²) in [6.07, 6.45) is 5.69. The number of hydrogen-bond acceptors (Lipinski definition) is 4. The van der Waals surface area contributed by atoms with Crippen LogP contribution in [0.15, 0.2) is 0 Å². The Hall–Kier alpha value is 0.0569. The van der Waals surface area contributed by atoms with Crippen molar-refractivity contribution in [3.8, 4) is 0 Å². The molecule has 1 heterocycles. The van der Waals surface area contributed by atoms with E-state index in [-0.39, 0.29) is 0 Å². The average molecular weight is 302 g/mol. The van der Waals surface area contributed by atoms with Crippen LogP contribution in [0.4, 0.5) is 0 Å². The minimum atomic E-state index is -2.58. The van der Waals surface area contributed by atoms with Crippen LogP contribution in [0.3, 0.4) is 0 Å². The van der Waals surface area contributed by atoms with Crippen molar-refractivity contribution in [2.24, 2.45) is 5.92 Å². The lowest BCUT2D eigenvalue weighted by atomic mass is 9.86. The van der Waals surface area contributed by atoms with E-state index in [4.69, 9.17) is 18.0 Å². The van der Waals surface area contributed by atoms with Gasteiger partial charge in [-0.05, 0) is 52.4 Å². The Kier molecular flexibility index (Phi) is 6.04. The van der Waals surface area contributed by atoms with Gasteiger partial charge in [0.15, 0.2) is 0 Å². The van der Waals surface area contributed by atoms with Crippen molar-refractivity contribution in [2.75, 3.05) is 19.8 Å². The van der Waals surface area contributed by atoms with Gasteiger partial charge in [0, 0.05) is 25.4 Å². The van der Waals surface area contributed by atoms with Crippen LogP contribution >= 0.6 is 0 Å². The van der Waals surface area contributed by atoms with E-state index in [1.165, 1.54) is 12.8 Å². The van der Waals surface area contributed by atoms with E-state index >= 15 is 0 Å². The van der Waals surface area contributed by atoms with E-state index in [0.29, 0.717) is 43.5 Å². The summed E-state index contributed by atoms with van der Waals surface area (Å²) in [6.45, 7) is 10.3. The van der Waals surface area contributed by atoms with Gasteiger partial charge in [0.05, 0.1) is 12.2 Å². The third-order valence-corrected chi connectivity index (χ3v) is 8.41. The lowest BCUT2D eigenvalue weighted by Crippen LogP contribution is -2.52. The first kappa shape index (κ1) is 16.4. The standard InChI is InChI=1S/C15H30O4Si/c1-5-15(12-9-10-13-14(11-12)19-13)20(16-6-2,17-7-3)18-8-4/h12-15H,5-11H2,1-4H3. The second kappa shape index (κ2) is 7.36. The number of hydrogen-bond donors (Lipinski definition) is 0. The fraction of sp³-hybridized carbons (Fsp3) is 1.00. The first-order valence-corrected chi connectivity index (χ1v) is 10.1. The molecule has 0 N–H and O–H groups in total. The molecule has 0 bridgehead atoms. The number of rotatable bonds is 9. The molecule has 1 saturated heterocycles. The van der Waals surface area contributed by atoms with Gasteiger partial charge in [-0.3, -0.25) is 0 Å². The van der Waals surface area contributed by atoms with Crippen molar-refractivity contribution in [2.45, 2.75) is 71.1 Å². The second-order valence-corrected chi connectivity index (χ2v) is 8.52. The number of epoxide rings is 1. The molecule has 1 saturated carbocycles. The summed E-state index contributed by atoms with van der Waals surface area (Å²) >= 11 is 0. The van der Waals surface area contributed by atoms with E-state index in [1.54, 1.807) is 0 Å². The fourth-order valence-corrected chi connectivity index (χ4v) is 7.20. The second-order valence-electron chi connectivity index (χ2n) is 5.70. The molecular formula is C15H30O4Si. The van der Waals surface area contributed by atoms with Crippen LogP contribution in [0.1, 0.15) is 53.4 Å². The zero-order valence-electron chi connectivity index (χ0n) is 13.4. The normalized spacial score (nSPS) is 30.9. The van der Waals surface area contributed by atoms with Crippen molar-refractivity contribution in [3.63, 3.8) is 0 Å². The molecule has 2 aliphatic rings. The summed E-state index contributed by atoms with van der Waals surface area (Å²) < 4.78 is 24.0. The van der Waals surface area contributed by atoms with Crippen molar-refractivity contribution < 1.29 is 18.0 Å². The van der Waals surface area contributed by atoms with E-state index in [9.17, 15) is 0 Å². The average Bonchev–Trinajstić information content (AvgIpc) is 3.19. The highest BCUT2D eigenvalue weighted by Gasteiger charge is 2.55. The molecule has 1 aliphatic heterocycles. The first-order chi connectivity index (χ1) is 9.70. The molecule has 20 heavy (non-hydrogen) atoms. The predicted octanol–water partition coefficient (Wildman–Crippen LogP) is 3.38. The molecule has 0 aromatic rings. The van der Waals surface area contributed by atoms with Crippen molar-refractivity contribution in [1.82, 2.24) is 0 Å². The maximum atomic E-state index is 6.12. The van der Waals surface area contributed by atoms with Crippen LogP contribution in [0, 0.1) is 5.92 Å². The SMILES string of the molecule is CCO[Si](OCC)(OCC)C(CC)C1CCC2OC2C1. The zero-order chi connectivity index (χ0) is 14.6. The molecule has 4 atom stereocenters. The zero-order valence-corrected chi connectivity index (χ0v) is 14.4. The molecule has 0 aromatic heterocycles. The van der Waals surface area contributed by atoms with Crippen LogP contribution in [-0.2, 0) is 18.0 Å². The monoisotopic (exact) mass is 302 g/mol. The van der Waals surface area contributed by atoms with Crippen LogP contribution < -0.4 is 0 Å². The van der Waals surface area contributed by atoms with Crippen molar-refractivity contribution in [1.29, 1.82) is 0 Å². The van der Waals surface area contributed by atoms with Gasteiger partial charge in [0.2, 0.25) is 0 Å². The molecule has 1 aliphatic carbocycles. The van der Waals surface area contributed by atoms with E-state index in [2.05, 4.69) is 6.92 Å². The molecule has 2 rings (SSSR count). The van der Waals surface area contributed by atoms with Crippen LogP contribution in [0.2, 0.25) is 5.54 Å². The lowest BCUT2D eigenvalue weighted by molar-refractivity contribution is 0.0502. The van der Waals surface area contributed by atoms with Gasteiger partial charge in [-0.15, -0.1) is 0 Å². The number of ether oxygens (including phenoxy) is 1. The van der Waals surface area contributed by atoms with Crippen molar-refractivity contribution >= 4 is 8.80 Å². The van der Waals surface area contributed by atoms with Crippen LogP contribution in [0.5, 0.6) is 0 Å². The molecule has 0 amide bonds. The highest BCUT2D eigenvalue weighted by atomic mass is 28.4. The summed E-state index contributed by atoms with van der Waals surface area (Å²) in [5.41, 5.74) is 0.410. The largest absolute Gasteiger partial charge is 0.504 e. The Morgan fingerprint density at radius 2 is 1.55 bits per heavy atom. The Morgan fingerprint density at radius 3 is 2.00 bits per heavy atom. The Morgan fingerprint density at radius 1 is 0.950 bits per heavy atom. The molecule has 0 radical (unpaired) electrons. The minimum absolute atomic E-state index is 0.410. The Bertz CT molecular complexity index is 283. The molecule has 5 heteroatoms. The first-order valence-electron chi connectivity index (χ1n) is 8.27. The highest BCUT2D eigenvalue weighted by Crippen LogP contribution is 2.48. The summed E-state index contributed by atoms with van der Waals surface area (Å²) in [7, 11) is -2.58. The van der Waals surface area contributed by atoms with Gasteiger partial charge in [-0.1, -0.05) is 6.92 Å². The Labute approximate surface area is 124 Å². The quantitative estimate of drug-likeness (QED) is 0.483. The molecule has 0 spiro atoms. The van der Waals surface area contributed by atoms with E-state index < -0.39 is 8.80 Å². The summed E-state index contributed by atoms with van der Waals surface area (Å²) in [5.74, 6) is 0.625. The van der Waals surface area contributed by atoms with E-state index in [1.807, 2.05) is 20.8 Å². The van der Waals surface area contributed by atoms with Gasteiger partial charge in [-0.25, -0.2) is 0 Å². The van der Waals surface area contributed by atoms with E-state index in [0.717, 1.165) is 12.8 Å². The third-order valence-electron chi connectivity index (χ3n) is 4.54. The fourth-order valence-electron chi connectivity index (χ4n) is 3.72. The molecule has 2 fully saturated rings. The number of fused-ring (bicyclic) bond motifs is 1. The summed E-state index contributed by atoms with van der Waals surface area (Å²) in [5, 5.41) is 0. The van der Waals surface area contributed by atoms with Gasteiger partial charge in [0.25, 0.3) is 0 Å². The molecular weight excluding hydrogens is 272 g/mol. The maximum absolute atomic E-state index is 6.12. The topological polar surface area (TPSA) is 40.2 Å². The maximum Gasteiger partial charge on any atom is 0.504 e. The highest BCUT2D eigenvalue weighted by molar-refractivity contribution is 6.62. The molecule has 4 unspecified atom stereocenters. The van der Waals surface area contributed by atoms with Gasteiger partial charge < -0.3 is 18.0 Å². The van der Waals surface area contributed by atoms with Gasteiger partial charge in [-0.2, -0.15) is 0 Å². The smallest absolute Gasteiger partial charge is 0.374 e. The minimum Gasteiger partial charge on any atom is -0.374 e. The van der Waals surface area contributed by atoms with Gasteiger partial charge in [0.1, 0.15) is 0 Å². The summed E-state index contributed by atoms with van der Waals surface area (Å²) in [6, 6.07) is 0. The summed E-state index contributed by atoms with van der Waals surface area (Å²) in [4.78, 5) is 0. The lowest BCUT2D eigenvalue weighted by Gasteiger charge is -2.39. The van der Waals surface area contributed by atoms with Crippen LogP contribution in [0.25, 0.3) is 0 Å². The molecule has 0 aromatic carbocycles. The van der Waals surface area contributed by atoms with Crippen LogP contribution in [-0.4, -0.2) is 40.8 Å².